The van der Waals surface area contributed by atoms with Crippen LogP contribution in [0.2, 0.25) is 0 Å². The van der Waals surface area contributed by atoms with Gasteiger partial charge in [-0.1, -0.05) is 12.8 Å². The number of likely N-dealkylation sites (tertiary alicyclic amines) is 1. The lowest BCUT2D eigenvalue weighted by Gasteiger charge is -2.33. The molecule has 0 aromatic carbocycles. The van der Waals surface area contributed by atoms with Gasteiger partial charge in [-0.15, -0.1) is 0 Å². The summed E-state index contributed by atoms with van der Waals surface area (Å²) >= 11 is 0. The van der Waals surface area contributed by atoms with E-state index in [0.29, 0.717) is 6.54 Å². The highest BCUT2D eigenvalue weighted by Gasteiger charge is 2.41. The topological polar surface area (TPSA) is 81.1 Å². The normalized spacial score (nSPS) is 27.8. The third kappa shape index (κ3) is 2.83. The molecule has 2 amide bonds. The molecule has 1 aliphatic heterocycles. The molecular weight excluding hydrogens is 248 g/mol. The van der Waals surface area contributed by atoms with Crippen molar-refractivity contribution in [3.63, 3.8) is 0 Å². The summed E-state index contributed by atoms with van der Waals surface area (Å²) in [5, 5.41) is 18.8. The van der Waals surface area contributed by atoms with Crippen molar-refractivity contribution < 1.29 is 19.8 Å². The lowest BCUT2D eigenvalue weighted by Crippen LogP contribution is -2.51. The average molecular weight is 270 g/mol. The number of carboxylic acid groups (broad SMARTS) is 1. The predicted octanol–water partition coefficient (Wildman–Crippen LogP) is 0.891. The summed E-state index contributed by atoms with van der Waals surface area (Å²) in [4.78, 5) is 26.8. The summed E-state index contributed by atoms with van der Waals surface area (Å²) in [6.45, 7) is 2.62. The van der Waals surface area contributed by atoms with Crippen molar-refractivity contribution in [3.8, 4) is 0 Å². The Morgan fingerprint density at radius 2 is 1.95 bits per heavy atom. The first-order chi connectivity index (χ1) is 9.04. The second kappa shape index (κ2) is 5.77. The minimum Gasteiger partial charge on any atom is -0.480 e. The fourth-order valence-electron chi connectivity index (χ4n) is 3.19. The zero-order valence-corrected chi connectivity index (χ0v) is 11.3. The van der Waals surface area contributed by atoms with E-state index in [1.54, 1.807) is 4.90 Å². The van der Waals surface area contributed by atoms with E-state index < -0.39 is 18.1 Å². The van der Waals surface area contributed by atoms with Crippen LogP contribution in [0.5, 0.6) is 0 Å². The Labute approximate surface area is 113 Å². The SMILES string of the molecule is CCN(C(=O)N1CC(O)C[C@H]1C(=O)O)C1CCCC1. The third-order valence-corrected chi connectivity index (χ3v) is 4.16. The van der Waals surface area contributed by atoms with E-state index in [9.17, 15) is 14.7 Å². The van der Waals surface area contributed by atoms with Gasteiger partial charge in [-0.05, 0) is 19.8 Å². The van der Waals surface area contributed by atoms with Crippen molar-refractivity contribution >= 4 is 12.0 Å². The summed E-state index contributed by atoms with van der Waals surface area (Å²) in [5.74, 6) is -1.03. The number of carbonyl (C=O) groups is 2. The molecule has 1 saturated carbocycles. The van der Waals surface area contributed by atoms with Crippen LogP contribution >= 0.6 is 0 Å². The standard InChI is InChI=1S/C13H22N2O4/c1-2-14(9-5-3-4-6-9)13(19)15-8-10(16)7-11(15)12(17)18/h9-11,16H,2-8H2,1H3,(H,17,18)/t10?,11-/m0/s1. The summed E-state index contributed by atoms with van der Waals surface area (Å²) < 4.78 is 0. The number of carbonyl (C=O) groups excluding carboxylic acids is 1. The number of β-amino-alcohol motifs (C(OH)–C–C–N with tert-alkyl or cyclic N) is 1. The maximum Gasteiger partial charge on any atom is 0.326 e. The predicted molar refractivity (Wildman–Crippen MR) is 68.8 cm³/mol. The highest BCUT2D eigenvalue weighted by atomic mass is 16.4. The summed E-state index contributed by atoms with van der Waals surface area (Å²) in [6.07, 6.45) is 3.64. The first-order valence-corrected chi connectivity index (χ1v) is 7.02. The Morgan fingerprint density at radius 3 is 2.47 bits per heavy atom. The Balaban J connectivity index is 2.09. The fourth-order valence-corrected chi connectivity index (χ4v) is 3.19. The van der Waals surface area contributed by atoms with Gasteiger partial charge in [0, 0.05) is 25.6 Å². The van der Waals surface area contributed by atoms with Crippen LogP contribution in [0.1, 0.15) is 39.0 Å². The van der Waals surface area contributed by atoms with Gasteiger partial charge >= 0.3 is 12.0 Å². The molecule has 1 aliphatic carbocycles. The molecule has 0 radical (unpaired) electrons. The van der Waals surface area contributed by atoms with Gasteiger partial charge in [-0.25, -0.2) is 9.59 Å². The van der Waals surface area contributed by atoms with Gasteiger partial charge in [0.2, 0.25) is 0 Å². The Morgan fingerprint density at radius 1 is 1.32 bits per heavy atom. The van der Waals surface area contributed by atoms with Gasteiger partial charge in [0.25, 0.3) is 0 Å². The average Bonchev–Trinajstić information content (AvgIpc) is 2.99. The minimum absolute atomic E-state index is 0.124. The molecule has 0 spiro atoms. The quantitative estimate of drug-likeness (QED) is 0.798. The van der Waals surface area contributed by atoms with Crippen LogP contribution in [0.15, 0.2) is 0 Å². The molecule has 0 aromatic rings. The number of aliphatic hydroxyl groups excluding tert-OH is 1. The van der Waals surface area contributed by atoms with Gasteiger partial charge in [0.1, 0.15) is 6.04 Å². The molecule has 1 heterocycles. The second-order valence-corrected chi connectivity index (χ2v) is 5.40. The number of carboxylic acids is 1. The molecule has 0 aromatic heterocycles. The van der Waals surface area contributed by atoms with E-state index >= 15 is 0 Å². The number of hydrogen-bond acceptors (Lipinski definition) is 3. The van der Waals surface area contributed by atoms with E-state index in [1.807, 2.05) is 6.92 Å². The first kappa shape index (κ1) is 14.1. The van der Waals surface area contributed by atoms with E-state index in [4.69, 9.17) is 5.11 Å². The second-order valence-electron chi connectivity index (χ2n) is 5.40. The van der Waals surface area contributed by atoms with Crippen molar-refractivity contribution in [1.29, 1.82) is 0 Å². The highest BCUT2D eigenvalue weighted by Crippen LogP contribution is 2.27. The maximum atomic E-state index is 12.5. The number of aliphatic hydroxyl groups is 1. The smallest absolute Gasteiger partial charge is 0.326 e. The van der Waals surface area contributed by atoms with Crippen LogP contribution in [0.25, 0.3) is 0 Å². The van der Waals surface area contributed by atoms with Gasteiger partial charge in [0.05, 0.1) is 6.10 Å². The van der Waals surface area contributed by atoms with E-state index in [2.05, 4.69) is 0 Å². The fraction of sp³-hybridized carbons (Fsp3) is 0.846. The molecule has 1 saturated heterocycles. The third-order valence-electron chi connectivity index (χ3n) is 4.16. The van der Waals surface area contributed by atoms with Gasteiger partial charge in [-0.3, -0.25) is 0 Å². The van der Waals surface area contributed by atoms with Gasteiger partial charge < -0.3 is 20.0 Å². The number of nitrogens with zero attached hydrogens (tertiary/aromatic N) is 2. The van der Waals surface area contributed by atoms with Crippen molar-refractivity contribution in [2.75, 3.05) is 13.1 Å². The molecule has 1 unspecified atom stereocenters. The molecule has 6 nitrogen and oxygen atoms in total. The number of rotatable bonds is 3. The Bertz CT molecular complexity index is 355. The van der Waals surface area contributed by atoms with Gasteiger partial charge in [-0.2, -0.15) is 0 Å². The highest BCUT2D eigenvalue weighted by molar-refractivity contribution is 5.83. The maximum absolute atomic E-state index is 12.5. The van der Waals surface area contributed by atoms with Crippen LogP contribution in [0.4, 0.5) is 4.79 Å². The van der Waals surface area contributed by atoms with Crippen LogP contribution in [-0.4, -0.2) is 63.3 Å². The van der Waals surface area contributed by atoms with E-state index in [1.165, 1.54) is 4.90 Å². The molecule has 19 heavy (non-hydrogen) atoms. The van der Waals surface area contributed by atoms with Gasteiger partial charge in [0.15, 0.2) is 0 Å². The number of amides is 2. The lowest BCUT2D eigenvalue weighted by atomic mass is 10.2. The minimum atomic E-state index is -1.03. The lowest BCUT2D eigenvalue weighted by molar-refractivity contribution is -0.141. The van der Waals surface area contributed by atoms with Crippen LogP contribution in [0.3, 0.4) is 0 Å². The summed E-state index contributed by atoms with van der Waals surface area (Å²) in [7, 11) is 0. The van der Waals surface area contributed by atoms with Crippen molar-refractivity contribution in [2.45, 2.75) is 57.2 Å². The Kier molecular flexibility index (Phi) is 4.29. The largest absolute Gasteiger partial charge is 0.480 e. The van der Waals surface area contributed by atoms with Crippen molar-refractivity contribution in [1.82, 2.24) is 9.80 Å². The van der Waals surface area contributed by atoms with Crippen molar-refractivity contribution in [3.05, 3.63) is 0 Å². The van der Waals surface area contributed by atoms with Crippen LogP contribution < -0.4 is 0 Å². The Hall–Kier alpha value is -1.30. The first-order valence-electron chi connectivity index (χ1n) is 7.02. The summed E-state index contributed by atoms with van der Waals surface area (Å²) in [5.41, 5.74) is 0. The monoisotopic (exact) mass is 270 g/mol. The molecule has 2 rings (SSSR count). The van der Waals surface area contributed by atoms with Crippen LogP contribution in [-0.2, 0) is 4.79 Å². The molecule has 2 N–H and O–H groups in total. The van der Waals surface area contributed by atoms with E-state index in [0.717, 1.165) is 25.7 Å². The molecular formula is C13H22N2O4. The number of urea groups is 1. The summed E-state index contributed by atoms with van der Waals surface area (Å²) in [6, 6.07) is -0.902. The number of aliphatic carboxylic acids is 1. The molecule has 108 valence electrons. The zero-order chi connectivity index (χ0) is 14.0. The number of hydrogen-bond donors (Lipinski definition) is 2. The molecule has 6 heteroatoms. The van der Waals surface area contributed by atoms with Crippen molar-refractivity contribution in [2.24, 2.45) is 0 Å². The van der Waals surface area contributed by atoms with Crippen LogP contribution in [0, 0.1) is 0 Å². The molecule has 2 aliphatic rings. The molecule has 2 atom stereocenters. The van der Waals surface area contributed by atoms with E-state index in [-0.39, 0.29) is 25.0 Å². The molecule has 2 fully saturated rings. The zero-order valence-electron chi connectivity index (χ0n) is 11.3. The molecule has 0 bridgehead atoms.